The number of hydrogen-bond donors (Lipinski definition) is 3. The minimum absolute atomic E-state index is 0.00407. The Balaban J connectivity index is 0.000000325. The molecule has 16 heteroatoms. The molecule has 3 aliphatic heterocycles. The second-order valence-corrected chi connectivity index (χ2v) is 12.9. The number of esters is 1. The molecule has 1 fully saturated rings. The number of carbonyl (C=O) groups excluding carboxylic acids is 5. The Hall–Kier alpha value is -6.39. The van der Waals surface area contributed by atoms with Gasteiger partial charge in [-0.05, 0) is 75.4 Å². The topological polar surface area (TPSA) is 205 Å². The molecule has 0 saturated carbocycles. The van der Waals surface area contributed by atoms with Crippen molar-refractivity contribution in [3.05, 3.63) is 101 Å². The highest BCUT2D eigenvalue weighted by atomic mass is 16.7. The molecule has 5 amide bonds. The molecule has 1 saturated heterocycles. The first-order chi connectivity index (χ1) is 24.7. The third kappa shape index (κ3) is 7.38. The molecule has 1 aromatic heterocycles. The number of aromatic nitrogens is 1. The lowest BCUT2D eigenvalue weighted by Crippen LogP contribution is -2.56. The number of amides is 5. The smallest absolute Gasteiger partial charge is 0.407 e. The first-order valence-corrected chi connectivity index (χ1v) is 16.0. The number of imide groups is 2. The lowest BCUT2D eigenvalue weighted by atomic mass is 10.1. The van der Waals surface area contributed by atoms with E-state index in [1.54, 1.807) is 69.3 Å². The van der Waals surface area contributed by atoms with E-state index in [4.69, 9.17) is 24.6 Å². The molecule has 7 rings (SSSR count). The van der Waals surface area contributed by atoms with Crippen molar-refractivity contribution in [3.8, 4) is 5.75 Å². The molecule has 1 atom stereocenters. The number of carboxylic acid groups (broad SMARTS) is 1. The molecule has 3 aliphatic rings. The molecule has 268 valence electrons. The van der Waals surface area contributed by atoms with Crippen molar-refractivity contribution < 1.29 is 53.4 Å². The van der Waals surface area contributed by atoms with Crippen molar-refractivity contribution >= 4 is 52.4 Å². The van der Waals surface area contributed by atoms with Gasteiger partial charge in [0.1, 0.15) is 23.8 Å². The van der Waals surface area contributed by atoms with Crippen molar-refractivity contribution in [1.29, 1.82) is 0 Å². The third-order valence-corrected chi connectivity index (χ3v) is 8.00. The maximum atomic E-state index is 13.0. The van der Waals surface area contributed by atoms with Crippen LogP contribution in [0, 0.1) is 0 Å². The number of pyridine rings is 1. The fraction of sp³-hybridized carbons (Fsp3) is 0.250. The van der Waals surface area contributed by atoms with Crippen LogP contribution >= 0.6 is 0 Å². The molecular formula is C36H33N5O11. The van der Waals surface area contributed by atoms with E-state index in [-0.39, 0.29) is 40.0 Å². The number of rotatable bonds is 8. The fourth-order valence-corrected chi connectivity index (χ4v) is 5.46. The van der Waals surface area contributed by atoms with Crippen LogP contribution in [0.25, 0.3) is 10.9 Å². The van der Waals surface area contributed by atoms with Crippen molar-refractivity contribution in [2.24, 2.45) is 0 Å². The van der Waals surface area contributed by atoms with Crippen molar-refractivity contribution in [3.63, 3.8) is 0 Å². The SMILES string of the molecule is CC(C)(C)OC(=O)[C@H](COc1ccc2nc(NC3CN(C(=O)O)C3)ccc2c1)ON1C(=O)c2ccccc2C1=O.O=C1c2ccccc2C(=O)N1O. The Kier molecular flexibility index (Phi) is 9.60. The lowest BCUT2D eigenvalue weighted by Gasteiger charge is -2.37. The molecule has 52 heavy (non-hydrogen) atoms. The zero-order valence-electron chi connectivity index (χ0n) is 28.1. The van der Waals surface area contributed by atoms with E-state index in [0.29, 0.717) is 35.2 Å². The second kappa shape index (κ2) is 14.1. The van der Waals surface area contributed by atoms with E-state index in [9.17, 15) is 28.8 Å². The molecule has 0 aliphatic carbocycles. The van der Waals surface area contributed by atoms with Crippen LogP contribution in [-0.4, -0.2) is 103 Å². The van der Waals surface area contributed by atoms with Gasteiger partial charge in [-0.15, -0.1) is 10.1 Å². The lowest BCUT2D eigenvalue weighted by molar-refractivity contribution is -0.193. The number of hydroxylamine groups is 4. The fourth-order valence-electron chi connectivity index (χ4n) is 5.46. The van der Waals surface area contributed by atoms with Crippen LogP contribution in [0.1, 0.15) is 62.2 Å². The predicted molar refractivity (Wildman–Crippen MR) is 181 cm³/mol. The first kappa shape index (κ1) is 35.4. The van der Waals surface area contributed by atoms with Crippen LogP contribution in [-0.2, 0) is 14.4 Å². The number of ether oxygens (including phenoxy) is 2. The number of benzene rings is 3. The number of likely N-dealkylation sites (tertiary alicyclic amines) is 1. The number of carbonyl (C=O) groups is 6. The normalized spacial score (nSPS) is 15.8. The van der Waals surface area contributed by atoms with Crippen molar-refractivity contribution in [2.75, 3.05) is 25.0 Å². The van der Waals surface area contributed by atoms with Gasteiger partial charge < -0.3 is 24.8 Å². The standard InChI is InChI=1S/C28H28N4O8.C8H5NO3/c1-28(2,3)39-26(35)22(40-32-24(33)19-6-4-5-7-20(19)25(32)34)15-38-18-9-10-21-16(12-18)8-11-23(30-21)29-17-13-31(14-17)27(36)37;10-7-5-3-1-2-4-6(5)8(11)9(7)12/h4-12,17,22H,13-15H2,1-3H3,(H,29,30)(H,36,37);1-4,12H/t22-;/m0./s1. The summed E-state index contributed by atoms with van der Waals surface area (Å²) in [5.74, 6) is -2.42. The highest BCUT2D eigenvalue weighted by Gasteiger charge is 2.41. The summed E-state index contributed by atoms with van der Waals surface area (Å²) in [6, 6.07) is 21.4. The first-order valence-electron chi connectivity index (χ1n) is 16.0. The molecule has 0 bridgehead atoms. The van der Waals surface area contributed by atoms with E-state index in [0.717, 1.165) is 5.39 Å². The Labute approximate surface area is 296 Å². The summed E-state index contributed by atoms with van der Waals surface area (Å²) in [7, 11) is 0. The zero-order valence-corrected chi connectivity index (χ0v) is 28.1. The molecule has 16 nitrogen and oxygen atoms in total. The molecule has 0 unspecified atom stereocenters. The highest BCUT2D eigenvalue weighted by Crippen LogP contribution is 2.26. The summed E-state index contributed by atoms with van der Waals surface area (Å²) in [6.07, 6.45) is -2.35. The van der Waals surface area contributed by atoms with Gasteiger partial charge in [0.25, 0.3) is 23.6 Å². The van der Waals surface area contributed by atoms with Crippen molar-refractivity contribution in [2.45, 2.75) is 38.5 Å². The molecule has 4 heterocycles. The van der Waals surface area contributed by atoms with Crippen LogP contribution in [0.15, 0.2) is 78.9 Å². The molecular weight excluding hydrogens is 678 g/mol. The molecule has 3 aromatic carbocycles. The summed E-state index contributed by atoms with van der Waals surface area (Å²) in [5.41, 5.74) is 0.715. The number of nitrogens with one attached hydrogen (secondary N) is 1. The molecule has 0 radical (unpaired) electrons. The third-order valence-electron chi connectivity index (χ3n) is 8.00. The Morgan fingerprint density at radius 2 is 1.40 bits per heavy atom. The quantitative estimate of drug-likeness (QED) is 0.134. The van der Waals surface area contributed by atoms with Crippen LogP contribution in [0.3, 0.4) is 0 Å². The molecule has 4 aromatic rings. The van der Waals surface area contributed by atoms with Crippen LogP contribution in [0.5, 0.6) is 5.75 Å². The average Bonchev–Trinajstić information content (AvgIpc) is 3.46. The van der Waals surface area contributed by atoms with Crippen LogP contribution in [0.4, 0.5) is 10.6 Å². The van der Waals surface area contributed by atoms with Gasteiger partial charge in [-0.2, -0.15) is 0 Å². The Bertz CT molecular complexity index is 2040. The van der Waals surface area contributed by atoms with Crippen LogP contribution in [0.2, 0.25) is 0 Å². The number of fused-ring (bicyclic) bond motifs is 3. The van der Waals surface area contributed by atoms with Gasteiger partial charge in [0.2, 0.25) is 6.10 Å². The van der Waals surface area contributed by atoms with E-state index >= 15 is 0 Å². The average molecular weight is 712 g/mol. The van der Waals surface area contributed by atoms with Gasteiger partial charge in [0.05, 0.1) is 33.8 Å². The van der Waals surface area contributed by atoms with Crippen LogP contribution < -0.4 is 10.1 Å². The monoisotopic (exact) mass is 711 g/mol. The van der Waals surface area contributed by atoms with Gasteiger partial charge in [0.15, 0.2) is 0 Å². The summed E-state index contributed by atoms with van der Waals surface area (Å²) >= 11 is 0. The van der Waals surface area contributed by atoms with Crippen molar-refractivity contribution in [1.82, 2.24) is 20.0 Å². The van der Waals surface area contributed by atoms with E-state index < -0.39 is 47.4 Å². The Morgan fingerprint density at radius 3 is 1.94 bits per heavy atom. The van der Waals surface area contributed by atoms with Gasteiger partial charge in [-0.1, -0.05) is 24.3 Å². The zero-order chi connectivity index (χ0) is 37.3. The predicted octanol–water partition coefficient (Wildman–Crippen LogP) is 4.00. The Morgan fingerprint density at radius 1 is 0.846 bits per heavy atom. The van der Waals surface area contributed by atoms with Gasteiger partial charge in [0, 0.05) is 18.5 Å². The maximum absolute atomic E-state index is 13.0. The van der Waals surface area contributed by atoms with Gasteiger partial charge in [-0.25, -0.2) is 19.4 Å². The largest absolute Gasteiger partial charge is 0.490 e. The summed E-state index contributed by atoms with van der Waals surface area (Å²) in [5, 5.41) is 22.6. The van der Waals surface area contributed by atoms with E-state index in [1.165, 1.54) is 29.2 Å². The summed E-state index contributed by atoms with van der Waals surface area (Å²) in [4.78, 5) is 83.1. The summed E-state index contributed by atoms with van der Waals surface area (Å²) < 4.78 is 11.3. The van der Waals surface area contributed by atoms with E-state index in [1.807, 2.05) is 6.07 Å². The summed E-state index contributed by atoms with van der Waals surface area (Å²) in [6.45, 7) is 5.53. The minimum Gasteiger partial charge on any atom is -0.490 e. The second-order valence-electron chi connectivity index (χ2n) is 12.9. The number of hydrogen-bond acceptors (Lipinski definition) is 12. The molecule has 3 N–H and O–H groups in total. The van der Waals surface area contributed by atoms with E-state index in [2.05, 4.69) is 10.3 Å². The molecule has 0 spiro atoms. The number of nitrogens with zero attached hydrogens (tertiary/aromatic N) is 4. The number of anilines is 1. The van der Waals surface area contributed by atoms with Gasteiger partial charge >= 0.3 is 12.1 Å². The highest BCUT2D eigenvalue weighted by molar-refractivity contribution is 6.21. The minimum atomic E-state index is -1.41. The maximum Gasteiger partial charge on any atom is 0.407 e. The van der Waals surface area contributed by atoms with Gasteiger partial charge in [-0.3, -0.25) is 24.4 Å².